The van der Waals surface area contributed by atoms with Gasteiger partial charge in [-0.1, -0.05) is 38.3 Å². The first kappa shape index (κ1) is 13.6. The first-order chi connectivity index (χ1) is 7.74. The number of aliphatic hydroxyl groups is 1. The zero-order chi connectivity index (χ0) is 11.8. The van der Waals surface area contributed by atoms with Gasteiger partial charge >= 0.3 is 0 Å². The summed E-state index contributed by atoms with van der Waals surface area (Å²) < 4.78 is 0. The smallest absolute Gasteiger partial charge is 0.0762 e. The molecule has 16 heavy (non-hydrogen) atoms. The van der Waals surface area contributed by atoms with Crippen LogP contribution in [0.5, 0.6) is 0 Å². The molecule has 0 saturated carbocycles. The molecular formula is C14H22OS. The molecule has 1 atom stereocenters. The van der Waals surface area contributed by atoms with Crippen LogP contribution in [0.4, 0.5) is 0 Å². The van der Waals surface area contributed by atoms with Gasteiger partial charge in [0.05, 0.1) is 6.10 Å². The lowest BCUT2D eigenvalue weighted by Gasteiger charge is -2.07. The van der Waals surface area contributed by atoms with Crippen molar-refractivity contribution in [1.29, 1.82) is 0 Å². The molecule has 2 heteroatoms. The quantitative estimate of drug-likeness (QED) is 0.561. The van der Waals surface area contributed by atoms with Crippen LogP contribution in [0.15, 0.2) is 29.2 Å². The summed E-state index contributed by atoms with van der Waals surface area (Å²) in [6.45, 7) is 4.05. The van der Waals surface area contributed by atoms with Crippen molar-refractivity contribution in [3.8, 4) is 0 Å². The first-order valence-corrected chi connectivity index (χ1v) is 7.13. The molecule has 1 aromatic carbocycles. The first-order valence-electron chi connectivity index (χ1n) is 6.15. The lowest BCUT2D eigenvalue weighted by molar-refractivity contribution is 0.199. The minimum atomic E-state index is -0.361. The Bertz CT molecular complexity index is 297. The van der Waals surface area contributed by atoms with Crippen LogP contribution in [-0.4, -0.2) is 10.9 Å². The van der Waals surface area contributed by atoms with E-state index in [0.717, 1.165) is 5.56 Å². The van der Waals surface area contributed by atoms with Crippen LogP contribution in [0.1, 0.15) is 51.2 Å². The molecule has 1 N–H and O–H groups in total. The van der Waals surface area contributed by atoms with Gasteiger partial charge in [0.2, 0.25) is 0 Å². The molecule has 0 saturated heterocycles. The summed E-state index contributed by atoms with van der Waals surface area (Å²) in [5, 5.41) is 9.48. The molecule has 0 spiro atoms. The van der Waals surface area contributed by atoms with Gasteiger partial charge in [0, 0.05) is 4.90 Å². The summed E-state index contributed by atoms with van der Waals surface area (Å²) in [4.78, 5) is 1.27. The van der Waals surface area contributed by atoms with E-state index in [1.54, 1.807) is 0 Å². The van der Waals surface area contributed by atoms with Crippen LogP contribution in [0, 0.1) is 0 Å². The number of unbranched alkanes of at least 4 members (excludes halogenated alkanes) is 3. The van der Waals surface area contributed by atoms with E-state index in [9.17, 15) is 5.11 Å². The predicted octanol–water partition coefficient (Wildman–Crippen LogP) is 4.41. The second kappa shape index (κ2) is 7.75. The Hall–Kier alpha value is -0.470. The Kier molecular flexibility index (Phi) is 6.58. The number of benzene rings is 1. The van der Waals surface area contributed by atoms with Crippen molar-refractivity contribution >= 4 is 11.8 Å². The molecule has 0 amide bonds. The van der Waals surface area contributed by atoms with Gasteiger partial charge in [0.1, 0.15) is 0 Å². The minimum Gasteiger partial charge on any atom is -0.389 e. The molecule has 0 fully saturated rings. The van der Waals surface area contributed by atoms with Gasteiger partial charge in [-0.05, 0) is 36.8 Å². The van der Waals surface area contributed by atoms with Crippen LogP contribution < -0.4 is 0 Å². The van der Waals surface area contributed by atoms with Crippen LogP contribution in [0.2, 0.25) is 0 Å². The van der Waals surface area contributed by atoms with Crippen molar-refractivity contribution in [2.75, 3.05) is 5.75 Å². The van der Waals surface area contributed by atoms with Crippen LogP contribution in [-0.2, 0) is 0 Å². The van der Waals surface area contributed by atoms with Crippen LogP contribution in [0.3, 0.4) is 0 Å². The summed E-state index contributed by atoms with van der Waals surface area (Å²) in [7, 11) is 0. The molecule has 0 aliphatic rings. The zero-order valence-electron chi connectivity index (χ0n) is 10.3. The molecule has 0 bridgehead atoms. The zero-order valence-corrected chi connectivity index (χ0v) is 11.1. The van der Waals surface area contributed by atoms with Crippen molar-refractivity contribution in [3.05, 3.63) is 29.8 Å². The molecule has 0 aliphatic carbocycles. The average molecular weight is 238 g/mol. The van der Waals surface area contributed by atoms with Crippen molar-refractivity contribution in [2.45, 2.75) is 50.5 Å². The van der Waals surface area contributed by atoms with Gasteiger partial charge < -0.3 is 5.11 Å². The molecule has 90 valence electrons. The van der Waals surface area contributed by atoms with Crippen molar-refractivity contribution < 1.29 is 5.11 Å². The molecule has 0 aliphatic heterocycles. The van der Waals surface area contributed by atoms with Crippen molar-refractivity contribution in [2.24, 2.45) is 0 Å². The highest BCUT2D eigenvalue weighted by Gasteiger charge is 2.01. The normalized spacial score (nSPS) is 12.7. The minimum absolute atomic E-state index is 0.361. The molecule has 0 radical (unpaired) electrons. The molecule has 1 nitrogen and oxygen atoms in total. The average Bonchev–Trinajstić information content (AvgIpc) is 2.29. The van der Waals surface area contributed by atoms with Gasteiger partial charge in [-0.15, -0.1) is 11.8 Å². The van der Waals surface area contributed by atoms with Gasteiger partial charge in [-0.25, -0.2) is 0 Å². The maximum atomic E-state index is 9.48. The maximum Gasteiger partial charge on any atom is 0.0762 e. The fourth-order valence-corrected chi connectivity index (χ4v) is 2.56. The number of rotatable bonds is 7. The molecule has 1 unspecified atom stereocenters. The largest absolute Gasteiger partial charge is 0.389 e. The Balaban J connectivity index is 2.33. The van der Waals surface area contributed by atoms with E-state index in [-0.39, 0.29) is 6.10 Å². The third-order valence-electron chi connectivity index (χ3n) is 2.61. The van der Waals surface area contributed by atoms with Gasteiger partial charge in [0.15, 0.2) is 0 Å². The lowest BCUT2D eigenvalue weighted by Crippen LogP contribution is -1.90. The molecule has 1 aromatic rings. The highest BCUT2D eigenvalue weighted by Crippen LogP contribution is 2.23. The lowest BCUT2D eigenvalue weighted by atomic mass is 10.1. The SMILES string of the molecule is CCCCCCSc1cccc(C(C)O)c1. The van der Waals surface area contributed by atoms with E-state index < -0.39 is 0 Å². The molecule has 1 rings (SSSR count). The molecule has 0 heterocycles. The van der Waals surface area contributed by atoms with Crippen LogP contribution >= 0.6 is 11.8 Å². The second-order valence-corrected chi connectivity index (χ2v) is 5.33. The Labute approximate surface area is 103 Å². The van der Waals surface area contributed by atoms with Crippen LogP contribution in [0.25, 0.3) is 0 Å². The number of hydrogen-bond acceptors (Lipinski definition) is 2. The summed E-state index contributed by atoms with van der Waals surface area (Å²) >= 11 is 1.89. The highest BCUT2D eigenvalue weighted by atomic mass is 32.2. The van der Waals surface area contributed by atoms with E-state index >= 15 is 0 Å². The molecular weight excluding hydrogens is 216 g/mol. The summed E-state index contributed by atoms with van der Waals surface area (Å²) in [6.07, 6.45) is 4.90. The maximum absolute atomic E-state index is 9.48. The van der Waals surface area contributed by atoms with E-state index in [1.165, 1.54) is 36.3 Å². The third kappa shape index (κ3) is 5.04. The second-order valence-electron chi connectivity index (χ2n) is 4.16. The fourth-order valence-electron chi connectivity index (χ4n) is 1.58. The summed E-state index contributed by atoms with van der Waals surface area (Å²) in [5.74, 6) is 1.18. The molecule has 0 aromatic heterocycles. The highest BCUT2D eigenvalue weighted by molar-refractivity contribution is 7.99. The summed E-state index contributed by atoms with van der Waals surface area (Å²) in [5.41, 5.74) is 1.01. The monoisotopic (exact) mass is 238 g/mol. The van der Waals surface area contributed by atoms with Gasteiger partial charge in [0.25, 0.3) is 0 Å². The standard InChI is InChI=1S/C14H22OS/c1-3-4-5-6-10-16-14-9-7-8-13(11-14)12(2)15/h7-9,11-12,15H,3-6,10H2,1-2H3. The topological polar surface area (TPSA) is 20.2 Å². The van der Waals surface area contributed by atoms with E-state index in [2.05, 4.69) is 19.1 Å². The third-order valence-corrected chi connectivity index (χ3v) is 3.69. The summed E-state index contributed by atoms with van der Waals surface area (Å²) in [6, 6.07) is 8.22. The van der Waals surface area contributed by atoms with Gasteiger partial charge in [-0.2, -0.15) is 0 Å². The predicted molar refractivity (Wildman–Crippen MR) is 71.9 cm³/mol. The fraction of sp³-hybridized carbons (Fsp3) is 0.571. The number of thioether (sulfide) groups is 1. The Morgan fingerprint density at radius 3 is 2.75 bits per heavy atom. The number of hydrogen-bond donors (Lipinski definition) is 1. The van der Waals surface area contributed by atoms with E-state index in [0.29, 0.717) is 0 Å². The van der Waals surface area contributed by atoms with Crippen molar-refractivity contribution in [3.63, 3.8) is 0 Å². The Morgan fingerprint density at radius 1 is 1.25 bits per heavy atom. The number of aliphatic hydroxyl groups excluding tert-OH is 1. The van der Waals surface area contributed by atoms with Crippen molar-refractivity contribution in [1.82, 2.24) is 0 Å². The van der Waals surface area contributed by atoms with Gasteiger partial charge in [-0.3, -0.25) is 0 Å². The van der Waals surface area contributed by atoms with E-state index in [4.69, 9.17) is 0 Å². The Morgan fingerprint density at radius 2 is 2.06 bits per heavy atom. The van der Waals surface area contributed by atoms with E-state index in [1.807, 2.05) is 30.8 Å².